The zero-order valence-electron chi connectivity index (χ0n) is 18.5. The average Bonchev–Trinajstić information content (AvgIpc) is 3.36. The summed E-state index contributed by atoms with van der Waals surface area (Å²) in [7, 11) is 0. The molecule has 0 spiro atoms. The van der Waals surface area contributed by atoms with E-state index in [1.165, 1.54) is 24.2 Å². The van der Waals surface area contributed by atoms with Crippen molar-refractivity contribution in [2.45, 2.75) is 46.5 Å². The maximum absolute atomic E-state index is 13.5. The minimum Gasteiger partial charge on any atom is -0.319 e. The van der Waals surface area contributed by atoms with Gasteiger partial charge in [-0.15, -0.1) is 0 Å². The summed E-state index contributed by atoms with van der Waals surface area (Å²) < 4.78 is 3.31. The summed E-state index contributed by atoms with van der Waals surface area (Å²) >= 11 is 1.59. The van der Waals surface area contributed by atoms with Crippen molar-refractivity contribution in [1.82, 2.24) is 9.55 Å². The zero-order chi connectivity index (χ0) is 21.8. The molecule has 4 aromatic rings. The predicted molar refractivity (Wildman–Crippen MR) is 131 cm³/mol. The first-order chi connectivity index (χ1) is 15.1. The lowest BCUT2D eigenvalue weighted by Crippen LogP contribution is -2.31. The van der Waals surface area contributed by atoms with Crippen LogP contribution in [0.2, 0.25) is 0 Å². The molecule has 31 heavy (non-hydrogen) atoms. The molecule has 0 radical (unpaired) electrons. The molecule has 4 rings (SSSR count). The third kappa shape index (κ3) is 4.57. The summed E-state index contributed by atoms with van der Waals surface area (Å²) in [6.07, 6.45) is 4.46. The highest BCUT2D eigenvalue weighted by atomic mass is 32.1. The highest BCUT2D eigenvalue weighted by molar-refractivity contribution is 7.22. The predicted octanol–water partition coefficient (Wildman–Crippen LogP) is 6.93. The van der Waals surface area contributed by atoms with Crippen molar-refractivity contribution >= 4 is 32.6 Å². The van der Waals surface area contributed by atoms with Gasteiger partial charge in [0.15, 0.2) is 5.13 Å². The Bertz CT molecular complexity index is 1120. The van der Waals surface area contributed by atoms with E-state index in [1.54, 1.807) is 11.3 Å². The van der Waals surface area contributed by atoms with Crippen LogP contribution in [0.4, 0.5) is 5.13 Å². The molecule has 1 amide bonds. The summed E-state index contributed by atoms with van der Waals surface area (Å²) in [5.74, 6) is 0.0167. The van der Waals surface area contributed by atoms with E-state index in [4.69, 9.17) is 4.98 Å². The Labute approximate surface area is 188 Å². The summed E-state index contributed by atoms with van der Waals surface area (Å²) in [6.45, 7) is 7.08. The van der Waals surface area contributed by atoms with Crippen LogP contribution in [-0.4, -0.2) is 22.0 Å². The fourth-order valence-corrected chi connectivity index (χ4v) is 4.93. The maximum atomic E-state index is 13.5. The van der Waals surface area contributed by atoms with Gasteiger partial charge in [0.2, 0.25) is 0 Å². The van der Waals surface area contributed by atoms with E-state index in [9.17, 15) is 4.79 Å². The number of carbonyl (C=O) groups excluding carboxylic acids is 1. The molecule has 0 saturated heterocycles. The number of unbranched alkanes of at least 4 members (excludes halogenated alkanes) is 3. The number of amides is 1. The van der Waals surface area contributed by atoms with E-state index in [0.29, 0.717) is 12.1 Å². The van der Waals surface area contributed by atoms with E-state index in [1.807, 2.05) is 47.4 Å². The van der Waals surface area contributed by atoms with Gasteiger partial charge >= 0.3 is 0 Å². The van der Waals surface area contributed by atoms with Crippen LogP contribution in [0.25, 0.3) is 15.9 Å². The quantitative estimate of drug-likeness (QED) is 0.284. The van der Waals surface area contributed by atoms with E-state index < -0.39 is 0 Å². The van der Waals surface area contributed by atoms with E-state index >= 15 is 0 Å². The van der Waals surface area contributed by atoms with E-state index in [-0.39, 0.29) is 5.91 Å². The summed E-state index contributed by atoms with van der Waals surface area (Å²) in [5.41, 5.74) is 5.09. The molecule has 2 aromatic carbocycles. The number of hydrogen-bond donors (Lipinski definition) is 0. The van der Waals surface area contributed by atoms with Gasteiger partial charge in [-0.1, -0.05) is 49.7 Å². The number of para-hydroxylation sites is 1. The van der Waals surface area contributed by atoms with Gasteiger partial charge in [0.05, 0.1) is 10.2 Å². The Morgan fingerprint density at radius 3 is 2.32 bits per heavy atom. The molecule has 160 valence electrons. The molecule has 0 bridgehead atoms. The third-order valence-corrected chi connectivity index (χ3v) is 6.70. The van der Waals surface area contributed by atoms with Gasteiger partial charge in [-0.3, -0.25) is 9.69 Å². The van der Waals surface area contributed by atoms with Gasteiger partial charge < -0.3 is 4.57 Å². The van der Waals surface area contributed by atoms with Crippen LogP contribution in [0, 0.1) is 13.8 Å². The molecule has 2 heterocycles. The van der Waals surface area contributed by atoms with Gasteiger partial charge in [0, 0.05) is 29.2 Å². The molecule has 0 aliphatic heterocycles. The lowest BCUT2D eigenvalue weighted by molar-refractivity contribution is 0.0986. The highest BCUT2D eigenvalue weighted by Crippen LogP contribution is 2.30. The van der Waals surface area contributed by atoms with E-state index in [0.717, 1.165) is 33.9 Å². The van der Waals surface area contributed by atoms with Gasteiger partial charge in [0.25, 0.3) is 5.91 Å². The van der Waals surface area contributed by atoms with Crippen molar-refractivity contribution in [3.63, 3.8) is 0 Å². The zero-order valence-corrected chi connectivity index (χ0v) is 19.3. The first-order valence-corrected chi connectivity index (χ1v) is 11.8. The van der Waals surface area contributed by atoms with Crippen molar-refractivity contribution in [2.75, 3.05) is 11.4 Å². The Hall–Kier alpha value is -2.92. The number of aryl methyl sites for hydroxylation is 2. The summed E-state index contributed by atoms with van der Waals surface area (Å²) in [5, 5.41) is 0.781. The molecule has 0 atom stereocenters. The number of benzene rings is 2. The van der Waals surface area contributed by atoms with Crippen molar-refractivity contribution in [3.05, 3.63) is 77.6 Å². The van der Waals surface area contributed by atoms with Gasteiger partial charge in [-0.25, -0.2) is 4.98 Å². The largest absolute Gasteiger partial charge is 0.319 e. The fraction of sp³-hybridized carbons (Fsp3) is 0.308. The lowest BCUT2D eigenvalue weighted by Gasteiger charge is -2.20. The first kappa shape index (κ1) is 21.3. The minimum absolute atomic E-state index is 0.0167. The molecule has 4 nitrogen and oxygen atoms in total. The molecule has 0 fully saturated rings. The second-order valence-corrected chi connectivity index (χ2v) is 8.99. The van der Waals surface area contributed by atoms with Crippen LogP contribution in [0.1, 0.15) is 54.4 Å². The fourth-order valence-electron chi connectivity index (χ4n) is 3.94. The average molecular weight is 432 g/mol. The topological polar surface area (TPSA) is 38.1 Å². The maximum Gasteiger partial charge on any atom is 0.260 e. The number of aromatic nitrogens is 2. The molecule has 0 aliphatic rings. The van der Waals surface area contributed by atoms with Gasteiger partial charge in [-0.05, 0) is 68.8 Å². The number of nitrogens with zero attached hydrogens (tertiary/aromatic N) is 3. The van der Waals surface area contributed by atoms with Crippen LogP contribution in [0.5, 0.6) is 0 Å². The number of hydrogen-bond acceptors (Lipinski definition) is 3. The number of thiazole rings is 1. The van der Waals surface area contributed by atoms with Crippen LogP contribution in [-0.2, 0) is 0 Å². The number of rotatable bonds is 8. The van der Waals surface area contributed by atoms with Crippen LogP contribution >= 0.6 is 11.3 Å². The second kappa shape index (κ2) is 9.48. The molecular weight excluding hydrogens is 402 g/mol. The van der Waals surface area contributed by atoms with Gasteiger partial charge in [0.1, 0.15) is 0 Å². The molecular formula is C26H29N3OS. The molecule has 0 unspecified atom stereocenters. The molecule has 5 heteroatoms. The van der Waals surface area contributed by atoms with Crippen molar-refractivity contribution in [1.29, 1.82) is 0 Å². The Morgan fingerprint density at radius 2 is 1.65 bits per heavy atom. The SMILES string of the molecule is CCCCCCN(C(=O)c1ccc(-n2c(C)ccc2C)cc1)c1nc2ccccc2s1. The van der Waals surface area contributed by atoms with Crippen LogP contribution in [0.15, 0.2) is 60.7 Å². The van der Waals surface area contributed by atoms with Gasteiger partial charge in [-0.2, -0.15) is 0 Å². The monoisotopic (exact) mass is 431 g/mol. The molecule has 2 aromatic heterocycles. The lowest BCUT2D eigenvalue weighted by atomic mass is 10.1. The number of carbonyl (C=O) groups is 1. The summed E-state index contributed by atoms with van der Waals surface area (Å²) in [4.78, 5) is 20.1. The Balaban J connectivity index is 1.61. The van der Waals surface area contributed by atoms with Crippen LogP contribution in [0.3, 0.4) is 0 Å². The number of fused-ring (bicyclic) bond motifs is 1. The standard InChI is InChI=1S/C26H29N3OS/c1-4-5-6-9-18-28(26-27-23-10-7-8-11-24(23)31-26)25(30)21-14-16-22(17-15-21)29-19(2)12-13-20(29)3/h7-8,10-17H,4-6,9,18H2,1-3H3. The molecule has 0 aliphatic carbocycles. The third-order valence-electron chi connectivity index (χ3n) is 5.64. The van der Waals surface area contributed by atoms with E-state index in [2.05, 4.69) is 43.5 Å². The minimum atomic E-state index is 0.0167. The normalized spacial score (nSPS) is 11.2. The second-order valence-electron chi connectivity index (χ2n) is 7.98. The summed E-state index contributed by atoms with van der Waals surface area (Å²) in [6, 6.07) is 20.2. The first-order valence-electron chi connectivity index (χ1n) is 11.0. The van der Waals surface area contributed by atoms with Crippen molar-refractivity contribution < 1.29 is 4.79 Å². The van der Waals surface area contributed by atoms with Crippen molar-refractivity contribution in [3.8, 4) is 5.69 Å². The molecule has 0 saturated carbocycles. The Kier molecular flexibility index (Phi) is 6.52. The highest BCUT2D eigenvalue weighted by Gasteiger charge is 2.21. The smallest absolute Gasteiger partial charge is 0.260 e. The van der Waals surface area contributed by atoms with Crippen molar-refractivity contribution in [2.24, 2.45) is 0 Å². The molecule has 0 N–H and O–H groups in total. The van der Waals surface area contributed by atoms with Crippen LogP contribution < -0.4 is 4.90 Å². The Morgan fingerprint density at radius 1 is 0.935 bits per heavy atom. The number of anilines is 1.